The molecule has 1 amide bonds. The van der Waals surface area contributed by atoms with Crippen molar-refractivity contribution in [3.05, 3.63) is 33.1 Å². The second kappa shape index (κ2) is 5.62. The van der Waals surface area contributed by atoms with Gasteiger partial charge in [0.1, 0.15) is 17.5 Å². The molecule has 0 bridgehead atoms. The highest BCUT2D eigenvalue weighted by Crippen LogP contribution is 2.30. The van der Waals surface area contributed by atoms with E-state index in [1.807, 2.05) is 0 Å². The Labute approximate surface area is 119 Å². The van der Waals surface area contributed by atoms with Crippen LogP contribution in [0.5, 0.6) is 0 Å². The van der Waals surface area contributed by atoms with Gasteiger partial charge in [0.15, 0.2) is 0 Å². The molecule has 20 heavy (non-hydrogen) atoms. The van der Waals surface area contributed by atoms with Crippen LogP contribution in [0.15, 0.2) is 12.1 Å². The number of carbonyl (C=O) groups is 1. The van der Waals surface area contributed by atoms with Crippen molar-refractivity contribution in [2.45, 2.75) is 31.8 Å². The first kappa shape index (κ1) is 14.5. The summed E-state index contributed by atoms with van der Waals surface area (Å²) in [6, 6.07) is 1.35. The molecule has 1 atom stereocenters. The first-order valence-electron chi connectivity index (χ1n) is 6.09. The number of nitrogens with one attached hydrogen (secondary N) is 2. The summed E-state index contributed by atoms with van der Waals surface area (Å²) < 4.78 is 13.3. The van der Waals surface area contributed by atoms with Crippen molar-refractivity contribution in [3.63, 3.8) is 0 Å². The zero-order valence-corrected chi connectivity index (χ0v) is 11.4. The minimum atomic E-state index is -0.876. The minimum Gasteiger partial charge on any atom is -0.368 e. The molecule has 0 radical (unpaired) electrons. The van der Waals surface area contributed by atoms with Crippen LogP contribution in [0, 0.1) is 15.9 Å². The Morgan fingerprint density at radius 1 is 1.55 bits per heavy atom. The Morgan fingerprint density at radius 2 is 2.20 bits per heavy atom. The van der Waals surface area contributed by atoms with E-state index in [9.17, 15) is 19.3 Å². The maximum atomic E-state index is 13.3. The fourth-order valence-electron chi connectivity index (χ4n) is 1.66. The third-order valence-corrected chi connectivity index (χ3v) is 3.21. The number of anilines is 1. The van der Waals surface area contributed by atoms with Crippen LogP contribution in [0.25, 0.3) is 0 Å². The van der Waals surface area contributed by atoms with Crippen molar-refractivity contribution >= 4 is 28.9 Å². The van der Waals surface area contributed by atoms with Crippen LogP contribution in [0.2, 0.25) is 5.02 Å². The van der Waals surface area contributed by atoms with Crippen LogP contribution in [0.4, 0.5) is 15.8 Å². The summed E-state index contributed by atoms with van der Waals surface area (Å²) in [4.78, 5) is 21.9. The van der Waals surface area contributed by atoms with E-state index in [-0.39, 0.29) is 22.7 Å². The summed E-state index contributed by atoms with van der Waals surface area (Å²) in [7, 11) is 0. The van der Waals surface area contributed by atoms with E-state index >= 15 is 0 Å². The van der Waals surface area contributed by atoms with Gasteiger partial charge >= 0.3 is 0 Å². The summed E-state index contributed by atoms with van der Waals surface area (Å²) in [5, 5.41) is 16.1. The molecule has 1 fully saturated rings. The number of nitro groups is 1. The highest BCUT2D eigenvalue weighted by atomic mass is 35.5. The second-order valence-corrected chi connectivity index (χ2v) is 5.10. The molecule has 0 saturated heterocycles. The van der Waals surface area contributed by atoms with Gasteiger partial charge in [-0.1, -0.05) is 11.6 Å². The van der Waals surface area contributed by atoms with Crippen LogP contribution in [0.1, 0.15) is 19.8 Å². The Morgan fingerprint density at radius 3 is 2.75 bits per heavy atom. The minimum absolute atomic E-state index is 0.0137. The van der Waals surface area contributed by atoms with E-state index in [0.717, 1.165) is 25.0 Å². The molecule has 0 heterocycles. The van der Waals surface area contributed by atoms with E-state index in [1.54, 1.807) is 6.92 Å². The number of nitro benzene ring substituents is 1. The van der Waals surface area contributed by atoms with Crippen molar-refractivity contribution in [3.8, 4) is 0 Å². The van der Waals surface area contributed by atoms with Gasteiger partial charge in [-0.15, -0.1) is 0 Å². The summed E-state index contributed by atoms with van der Waals surface area (Å²) >= 11 is 5.61. The summed E-state index contributed by atoms with van der Waals surface area (Å²) in [5.41, 5.74) is -0.446. The number of carbonyl (C=O) groups excluding carboxylic acids is 1. The zero-order chi connectivity index (χ0) is 14.9. The molecule has 0 aliphatic heterocycles. The molecule has 0 spiro atoms. The lowest BCUT2D eigenvalue weighted by Gasteiger charge is -2.15. The Hall–Kier alpha value is -1.89. The number of halogens is 2. The number of hydrogen-bond acceptors (Lipinski definition) is 4. The van der Waals surface area contributed by atoms with Crippen LogP contribution in [0.3, 0.4) is 0 Å². The van der Waals surface area contributed by atoms with Gasteiger partial charge in [0.05, 0.1) is 16.0 Å². The summed E-state index contributed by atoms with van der Waals surface area (Å²) in [6.07, 6.45) is 1.89. The van der Waals surface area contributed by atoms with Gasteiger partial charge in [-0.25, -0.2) is 4.39 Å². The first-order chi connectivity index (χ1) is 9.38. The van der Waals surface area contributed by atoms with Crippen LogP contribution in [-0.4, -0.2) is 22.9 Å². The molecule has 1 aliphatic rings. The fraction of sp³-hybridized carbons (Fsp3) is 0.417. The van der Waals surface area contributed by atoms with Crippen molar-refractivity contribution in [1.82, 2.24) is 5.32 Å². The normalized spacial score (nSPS) is 15.6. The van der Waals surface area contributed by atoms with Crippen molar-refractivity contribution in [2.24, 2.45) is 0 Å². The summed E-state index contributed by atoms with van der Waals surface area (Å²) in [5.74, 6) is -1.14. The third-order valence-electron chi connectivity index (χ3n) is 2.92. The molecular formula is C12H13ClFN3O3. The van der Waals surface area contributed by atoms with Crippen LogP contribution in [-0.2, 0) is 4.79 Å². The number of amides is 1. The number of hydrogen-bond donors (Lipinski definition) is 2. The van der Waals surface area contributed by atoms with E-state index in [0.29, 0.717) is 0 Å². The smallest absolute Gasteiger partial charge is 0.295 e. The molecular weight excluding hydrogens is 289 g/mol. The highest BCUT2D eigenvalue weighted by Gasteiger charge is 2.27. The number of rotatable bonds is 5. The Kier molecular flexibility index (Phi) is 4.08. The molecule has 108 valence electrons. The molecule has 1 unspecified atom stereocenters. The average Bonchev–Trinajstić information content (AvgIpc) is 3.16. The van der Waals surface area contributed by atoms with Gasteiger partial charge in [0.2, 0.25) is 5.91 Å². The fourth-order valence-corrected chi connectivity index (χ4v) is 1.82. The molecule has 1 saturated carbocycles. The van der Waals surface area contributed by atoms with Crippen molar-refractivity contribution in [2.75, 3.05) is 5.32 Å². The van der Waals surface area contributed by atoms with Gasteiger partial charge in [-0.2, -0.15) is 0 Å². The van der Waals surface area contributed by atoms with Gasteiger partial charge < -0.3 is 10.6 Å². The maximum Gasteiger partial charge on any atom is 0.295 e. The van der Waals surface area contributed by atoms with Crippen LogP contribution < -0.4 is 10.6 Å². The Balaban J connectivity index is 2.16. The largest absolute Gasteiger partial charge is 0.368 e. The van der Waals surface area contributed by atoms with Gasteiger partial charge in [0.25, 0.3) is 5.69 Å². The van der Waals surface area contributed by atoms with E-state index in [4.69, 9.17) is 11.6 Å². The SMILES string of the molecule is CC(Nc1cc(Cl)c(F)cc1[N+](=O)[O-])C(=O)NC1CC1. The lowest BCUT2D eigenvalue weighted by atomic mass is 10.2. The molecule has 0 aromatic heterocycles. The van der Waals surface area contributed by atoms with Gasteiger partial charge in [0, 0.05) is 6.04 Å². The van der Waals surface area contributed by atoms with E-state index in [1.165, 1.54) is 0 Å². The zero-order valence-electron chi connectivity index (χ0n) is 10.7. The van der Waals surface area contributed by atoms with E-state index < -0.39 is 22.5 Å². The van der Waals surface area contributed by atoms with Gasteiger partial charge in [-0.3, -0.25) is 14.9 Å². The third kappa shape index (κ3) is 3.36. The van der Waals surface area contributed by atoms with Crippen molar-refractivity contribution in [1.29, 1.82) is 0 Å². The highest BCUT2D eigenvalue weighted by molar-refractivity contribution is 6.31. The molecule has 1 aliphatic carbocycles. The van der Waals surface area contributed by atoms with E-state index in [2.05, 4.69) is 10.6 Å². The predicted molar refractivity (Wildman–Crippen MR) is 72.3 cm³/mol. The van der Waals surface area contributed by atoms with Crippen molar-refractivity contribution < 1.29 is 14.1 Å². The average molecular weight is 302 g/mol. The maximum absolute atomic E-state index is 13.3. The molecule has 2 rings (SSSR count). The Bertz CT molecular complexity index is 563. The lowest BCUT2D eigenvalue weighted by Crippen LogP contribution is -2.38. The molecule has 8 heteroatoms. The number of benzene rings is 1. The molecule has 1 aromatic rings. The first-order valence-corrected chi connectivity index (χ1v) is 6.46. The standard InChI is InChI=1S/C12H13ClFN3O3/c1-6(12(18)16-7-2-3-7)15-10-4-8(13)9(14)5-11(10)17(19)20/h4-7,15H,2-3H2,1H3,(H,16,18). The monoisotopic (exact) mass is 301 g/mol. The van der Waals surface area contributed by atoms with Gasteiger partial charge in [-0.05, 0) is 25.8 Å². The lowest BCUT2D eigenvalue weighted by molar-refractivity contribution is -0.384. The summed E-state index contributed by atoms with van der Waals surface area (Å²) in [6.45, 7) is 1.57. The second-order valence-electron chi connectivity index (χ2n) is 4.69. The quantitative estimate of drug-likeness (QED) is 0.646. The molecule has 6 nitrogen and oxygen atoms in total. The molecule has 2 N–H and O–H groups in total. The topological polar surface area (TPSA) is 84.3 Å². The molecule has 1 aromatic carbocycles. The van der Waals surface area contributed by atoms with Crippen LogP contribution >= 0.6 is 11.6 Å². The number of nitrogens with zero attached hydrogens (tertiary/aromatic N) is 1. The predicted octanol–water partition coefficient (Wildman–Crippen LogP) is 2.47.